The van der Waals surface area contributed by atoms with Crippen molar-refractivity contribution in [2.75, 3.05) is 26.3 Å². The van der Waals surface area contributed by atoms with Crippen LogP contribution in [0.1, 0.15) is 26.2 Å². The van der Waals surface area contributed by atoms with Crippen molar-refractivity contribution in [1.29, 1.82) is 0 Å². The van der Waals surface area contributed by atoms with Gasteiger partial charge in [-0.1, -0.05) is 6.92 Å². The van der Waals surface area contributed by atoms with E-state index in [4.69, 9.17) is 4.74 Å². The monoisotopic (exact) mass is 155 g/mol. The predicted octanol–water partition coefficient (Wildman–Crippen LogP) is 1.26. The van der Waals surface area contributed by atoms with Crippen LogP contribution in [0.15, 0.2) is 0 Å². The molecular weight excluding hydrogens is 138 g/mol. The molecule has 2 aliphatic rings. The maximum Gasteiger partial charge on any atom is 0.0651 e. The molecule has 0 amide bonds. The lowest BCUT2D eigenvalue weighted by molar-refractivity contribution is -0.0199. The molecule has 11 heavy (non-hydrogen) atoms. The van der Waals surface area contributed by atoms with Crippen molar-refractivity contribution < 1.29 is 4.74 Å². The SMILES string of the molecule is CCCN1CCOCC12CC2. The third-order valence-corrected chi connectivity index (χ3v) is 2.87. The van der Waals surface area contributed by atoms with Crippen molar-refractivity contribution in [3.63, 3.8) is 0 Å². The van der Waals surface area contributed by atoms with Crippen molar-refractivity contribution in [2.24, 2.45) is 0 Å². The van der Waals surface area contributed by atoms with Crippen LogP contribution in [0.3, 0.4) is 0 Å². The van der Waals surface area contributed by atoms with Crippen LogP contribution in [0.2, 0.25) is 0 Å². The van der Waals surface area contributed by atoms with Crippen molar-refractivity contribution in [3.8, 4) is 0 Å². The molecule has 2 heteroatoms. The van der Waals surface area contributed by atoms with E-state index in [2.05, 4.69) is 11.8 Å². The van der Waals surface area contributed by atoms with Gasteiger partial charge in [0, 0.05) is 12.1 Å². The Morgan fingerprint density at radius 3 is 2.91 bits per heavy atom. The fourth-order valence-corrected chi connectivity index (χ4v) is 1.99. The van der Waals surface area contributed by atoms with Crippen LogP contribution in [-0.4, -0.2) is 36.7 Å². The van der Waals surface area contributed by atoms with Gasteiger partial charge in [0.15, 0.2) is 0 Å². The third-order valence-electron chi connectivity index (χ3n) is 2.87. The summed E-state index contributed by atoms with van der Waals surface area (Å²) in [4.78, 5) is 2.62. The number of morpholine rings is 1. The Morgan fingerprint density at radius 2 is 2.27 bits per heavy atom. The number of hydrogen-bond donors (Lipinski definition) is 0. The third kappa shape index (κ3) is 1.30. The van der Waals surface area contributed by atoms with E-state index in [1.165, 1.54) is 25.8 Å². The van der Waals surface area contributed by atoms with Gasteiger partial charge in [0.1, 0.15) is 0 Å². The first-order valence-electron chi connectivity index (χ1n) is 4.70. The highest BCUT2D eigenvalue weighted by Crippen LogP contribution is 2.43. The first-order chi connectivity index (χ1) is 5.37. The summed E-state index contributed by atoms with van der Waals surface area (Å²) in [5.41, 5.74) is 0.508. The Kier molecular flexibility index (Phi) is 1.90. The Morgan fingerprint density at radius 1 is 1.45 bits per heavy atom. The van der Waals surface area contributed by atoms with Crippen molar-refractivity contribution in [3.05, 3.63) is 0 Å². The number of nitrogens with zero attached hydrogens (tertiary/aromatic N) is 1. The second-order valence-corrected chi connectivity index (χ2v) is 3.76. The van der Waals surface area contributed by atoms with Crippen LogP contribution in [0.4, 0.5) is 0 Å². The molecule has 1 heterocycles. The van der Waals surface area contributed by atoms with Gasteiger partial charge in [-0.15, -0.1) is 0 Å². The highest BCUT2D eigenvalue weighted by Gasteiger charge is 2.49. The molecule has 0 aromatic carbocycles. The lowest BCUT2D eigenvalue weighted by atomic mass is 10.2. The van der Waals surface area contributed by atoms with E-state index in [0.717, 1.165) is 19.8 Å². The average molecular weight is 155 g/mol. The van der Waals surface area contributed by atoms with Gasteiger partial charge < -0.3 is 4.74 Å². The zero-order valence-electron chi connectivity index (χ0n) is 7.31. The van der Waals surface area contributed by atoms with E-state index < -0.39 is 0 Å². The first-order valence-corrected chi connectivity index (χ1v) is 4.70. The minimum atomic E-state index is 0.508. The molecule has 2 nitrogen and oxygen atoms in total. The quantitative estimate of drug-likeness (QED) is 0.595. The van der Waals surface area contributed by atoms with Gasteiger partial charge in [-0.25, -0.2) is 0 Å². The topological polar surface area (TPSA) is 12.5 Å². The fraction of sp³-hybridized carbons (Fsp3) is 1.00. The Labute approximate surface area is 68.5 Å². The van der Waals surface area contributed by atoms with Gasteiger partial charge in [0.05, 0.1) is 13.2 Å². The summed E-state index contributed by atoms with van der Waals surface area (Å²) in [6.07, 6.45) is 4.02. The molecule has 0 aromatic heterocycles. The molecule has 0 aromatic rings. The molecule has 2 rings (SSSR count). The van der Waals surface area contributed by atoms with Crippen LogP contribution < -0.4 is 0 Å². The molecule has 64 valence electrons. The maximum atomic E-state index is 5.48. The number of hydrogen-bond acceptors (Lipinski definition) is 2. The Balaban J connectivity index is 1.93. The smallest absolute Gasteiger partial charge is 0.0651 e. The van der Waals surface area contributed by atoms with Crippen molar-refractivity contribution in [2.45, 2.75) is 31.7 Å². The van der Waals surface area contributed by atoms with E-state index >= 15 is 0 Å². The first kappa shape index (κ1) is 7.56. The summed E-state index contributed by atoms with van der Waals surface area (Å²) in [6.45, 7) is 6.62. The summed E-state index contributed by atoms with van der Waals surface area (Å²) in [7, 11) is 0. The van der Waals surface area contributed by atoms with Gasteiger partial charge in [0.25, 0.3) is 0 Å². The van der Waals surface area contributed by atoms with Gasteiger partial charge in [-0.2, -0.15) is 0 Å². The summed E-state index contributed by atoms with van der Waals surface area (Å²) in [5, 5.41) is 0. The van der Waals surface area contributed by atoms with Gasteiger partial charge in [0.2, 0.25) is 0 Å². The van der Waals surface area contributed by atoms with Gasteiger partial charge >= 0.3 is 0 Å². The zero-order valence-corrected chi connectivity index (χ0v) is 7.31. The van der Waals surface area contributed by atoms with E-state index in [0.29, 0.717) is 5.54 Å². The average Bonchev–Trinajstić information content (AvgIpc) is 2.77. The summed E-state index contributed by atoms with van der Waals surface area (Å²) >= 11 is 0. The maximum absolute atomic E-state index is 5.48. The van der Waals surface area contributed by atoms with E-state index in [1.54, 1.807) is 0 Å². The molecule has 1 aliphatic heterocycles. The van der Waals surface area contributed by atoms with Crippen LogP contribution in [0.5, 0.6) is 0 Å². The van der Waals surface area contributed by atoms with Gasteiger partial charge in [-0.3, -0.25) is 4.90 Å². The Hall–Kier alpha value is -0.0800. The molecule has 0 N–H and O–H groups in total. The second-order valence-electron chi connectivity index (χ2n) is 3.76. The Bertz CT molecular complexity index is 140. The normalized spacial score (nSPS) is 29.2. The zero-order chi connectivity index (χ0) is 7.73. The number of rotatable bonds is 2. The molecule has 2 fully saturated rings. The lowest BCUT2D eigenvalue weighted by Crippen LogP contribution is -2.47. The molecule has 0 unspecified atom stereocenters. The highest BCUT2D eigenvalue weighted by atomic mass is 16.5. The molecule has 1 saturated heterocycles. The summed E-state index contributed by atoms with van der Waals surface area (Å²) in [5.74, 6) is 0. The van der Waals surface area contributed by atoms with Crippen LogP contribution in [0, 0.1) is 0 Å². The highest BCUT2D eigenvalue weighted by molar-refractivity contribution is 5.05. The number of ether oxygens (including phenoxy) is 1. The van der Waals surface area contributed by atoms with Crippen LogP contribution in [-0.2, 0) is 4.74 Å². The van der Waals surface area contributed by atoms with E-state index in [1.807, 2.05) is 0 Å². The lowest BCUT2D eigenvalue weighted by Gasteiger charge is -2.35. The summed E-state index contributed by atoms with van der Waals surface area (Å²) in [6, 6.07) is 0. The van der Waals surface area contributed by atoms with E-state index in [9.17, 15) is 0 Å². The molecule has 0 atom stereocenters. The van der Waals surface area contributed by atoms with E-state index in [-0.39, 0.29) is 0 Å². The standard InChI is InChI=1S/C9H17NO/c1-2-5-10-6-7-11-8-9(10)3-4-9/h2-8H2,1H3. The molecule has 0 radical (unpaired) electrons. The van der Waals surface area contributed by atoms with Gasteiger partial charge in [-0.05, 0) is 25.8 Å². The minimum Gasteiger partial charge on any atom is -0.378 e. The van der Waals surface area contributed by atoms with Crippen LogP contribution >= 0.6 is 0 Å². The summed E-state index contributed by atoms with van der Waals surface area (Å²) < 4.78 is 5.48. The van der Waals surface area contributed by atoms with Crippen LogP contribution in [0.25, 0.3) is 0 Å². The largest absolute Gasteiger partial charge is 0.378 e. The fourth-order valence-electron chi connectivity index (χ4n) is 1.99. The second kappa shape index (κ2) is 2.76. The molecular formula is C9H17NO. The molecule has 1 spiro atoms. The van der Waals surface area contributed by atoms with Crippen molar-refractivity contribution >= 4 is 0 Å². The molecule has 0 bridgehead atoms. The molecule has 1 saturated carbocycles. The molecule has 1 aliphatic carbocycles. The minimum absolute atomic E-state index is 0.508. The predicted molar refractivity (Wildman–Crippen MR) is 44.6 cm³/mol. The van der Waals surface area contributed by atoms with Crippen molar-refractivity contribution in [1.82, 2.24) is 4.90 Å².